The monoisotopic (exact) mass is 418 g/mol. The summed E-state index contributed by atoms with van der Waals surface area (Å²) in [7, 11) is 0. The number of carbonyl (C=O) groups is 2. The first-order valence-electron chi connectivity index (χ1n) is 9.65. The number of hydrogen-bond donors (Lipinski definition) is 1. The van der Waals surface area contributed by atoms with E-state index in [4.69, 9.17) is 16.3 Å². The molecule has 2 aromatic rings. The van der Waals surface area contributed by atoms with E-state index in [2.05, 4.69) is 5.32 Å². The quantitative estimate of drug-likeness (QED) is 0.760. The van der Waals surface area contributed by atoms with Crippen molar-refractivity contribution in [1.82, 2.24) is 10.2 Å². The van der Waals surface area contributed by atoms with Crippen LogP contribution in [0.25, 0.3) is 0 Å². The summed E-state index contributed by atoms with van der Waals surface area (Å²) in [5.74, 6) is -0.486. The van der Waals surface area contributed by atoms with Crippen molar-refractivity contribution in [3.05, 3.63) is 64.4 Å². The van der Waals surface area contributed by atoms with E-state index in [1.165, 1.54) is 18.2 Å². The highest BCUT2D eigenvalue weighted by Crippen LogP contribution is 2.24. The number of hydrogen-bond acceptors (Lipinski definition) is 3. The Bertz CT molecular complexity index is 886. The van der Waals surface area contributed by atoms with Gasteiger partial charge in [0.15, 0.2) is 0 Å². The standard InChI is InChI=1S/C22H24ClFN2O3/c1-14(2)25-21(27)15-5-8-18(9-6-15)29-13-17-4-3-11-26(17)22(28)19-12-16(23)7-10-20(19)24/h5-10,12,14,17H,3-4,11,13H2,1-2H3,(H,25,27). The molecule has 2 amide bonds. The second-order valence-corrected chi connectivity index (χ2v) is 7.82. The average Bonchev–Trinajstić information content (AvgIpc) is 3.16. The fourth-order valence-corrected chi connectivity index (χ4v) is 3.51. The minimum atomic E-state index is -0.582. The van der Waals surface area contributed by atoms with E-state index in [1.807, 2.05) is 13.8 Å². The zero-order valence-electron chi connectivity index (χ0n) is 16.5. The third kappa shape index (κ3) is 5.26. The lowest BCUT2D eigenvalue weighted by atomic mass is 10.1. The van der Waals surface area contributed by atoms with Crippen molar-refractivity contribution in [3.63, 3.8) is 0 Å². The van der Waals surface area contributed by atoms with Crippen LogP contribution in [0.1, 0.15) is 47.4 Å². The van der Waals surface area contributed by atoms with E-state index in [0.29, 0.717) is 29.5 Å². The Hall–Kier alpha value is -2.60. The van der Waals surface area contributed by atoms with E-state index < -0.39 is 5.82 Å². The number of ether oxygens (including phenoxy) is 1. The molecule has 0 aliphatic carbocycles. The van der Waals surface area contributed by atoms with Crippen LogP contribution in [-0.4, -0.2) is 41.9 Å². The van der Waals surface area contributed by atoms with Crippen LogP contribution < -0.4 is 10.1 Å². The zero-order chi connectivity index (χ0) is 21.0. The van der Waals surface area contributed by atoms with Crippen molar-refractivity contribution in [1.29, 1.82) is 0 Å². The largest absolute Gasteiger partial charge is 0.491 e. The molecule has 2 aromatic carbocycles. The number of benzene rings is 2. The number of halogens is 2. The molecule has 1 saturated heterocycles. The predicted molar refractivity (Wildman–Crippen MR) is 110 cm³/mol. The van der Waals surface area contributed by atoms with Crippen LogP contribution in [-0.2, 0) is 0 Å². The molecule has 1 unspecified atom stereocenters. The molecule has 3 rings (SSSR count). The summed E-state index contributed by atoms with van der Waals surface area (Å²) in [6.07, 6.45) is 1.61. The highest BCUT2D eigenvalue weighted by molar-refractivity contribution is 6.31. The molecule has 154 valence electrons. The molecule has 1 atom stereocenters. The minimum Gasteiger partial charge on any atom is -0.491 e. The summed E-state index contributed by atoms with van der Waals surface area (Å²) in [5, 5.41) is 3.16. The molecule has 1 aliphatic rings. The van der Waals surface area contributed by atoms with Crippen molar-refractivity contribution in [2.75, 3.05) is 13.2 Å². The SMILES string of the molecule is CC(C)NC(=O)c1ccc(OCC2CCCN2C(=O)c2cc(Cl)ccc2F)cc1. The first kappa shape index (κ1) is 21.1. The summed E-state index contributed by atoms with van der Waals surface area (Å²) in [5.41, 5.74) is 0.532. The fraction of sp³-hybridized carbons (Fsp3) is 0.364. The van der Waals surface area contributed by atoms with Gasteiger partial charge in [-0.05, 0) is 69.2 Å². The normalized spacial score (nSPS) is 16.2. The van der Waals surface area contributed by atoms with Crippen LogP contribution in [0.3, 0.4) is 0 Å². The molecule has 1 heterocycles. The summed E-state index contributed by atoms with van der Waals surface area (Å²) in [6.45, 7) is 4.65. The summed E-state index contributed by atoms with van der Waals surface area (Å²) >= 11 is 5.92. The molecule has 0 radical (unpaired) electrons. The van der Waals surface area contributed by atoms with Gasteiger partial charge in [0, 0.05) is 23.2 Å². The van der Waals surface area contributed by atoms with E-state index in [-0.39, 0.29) is 29.5 Å². The Morgan fingerprint density at radius 1 is 1.24 bits per heavy atom. The van der Waals surface area contributed by atoms with Crippen molar-refractivity contribution in [3.8, 4) is 5.75 Å². The van der Waals surface area contributed by atoms with Gasteiger partial charge in [-0.3, -0.25) is 9.59 Å². The first-order chi connectivity index (χ1) is 13.8. The van der Waals surface area contributed by atoms with Gasteiger partial charge in [0.05, 0.1) is 11.6 Å². The van der Waals surface area contributed by atoms with Gasteiger partial charge in [-0.25, -0.2) is 4.39 Å². The van der Waals surface area contributed by atoms with E-state index in [9.17, 15) is 14.0 Å². The molecular weight excluding hydrogens is 395 g/mol. The molecule has 0 saturated carbocycles. The summed E-state index contributed by atoms with van der Waals surface area (Å²) < 4.78 is 19.9. The molecular formula is C22H24ClFN2O3. The Labute approximate surface area is 174 Å². The predicted octanol–water partition coefficient (Wildman–Crippen LogP) is 4.30. The van der Waals surface area contributed by atoms with Crippen LogP contribution in [0.4, 0.5) is 4.39 Å². The third-order valence-electron chi connectivity index (χ3n) is 4.78. The number of nitrogens with one attached hydrogen (secondary N) is 1. The molecule has 29 heavy (non-hydrogen) atoms. The van der Waals surface area contributed by atoms with Crippen LogP contribution in [0.2, 0.25) is 5.02 Å². The number of carbonyl (C=O) groups excluding carboxylic acids is 2. The molecule has 0 bridgehead atoms. The van der Waals surface area contributed by atoms with E-state index in [0.717, 1.165) is 12.8 Å². The Kier molecular flexibility index (Phi) is 6.75. The average molecular weight is 419 g/mol. The van der Waals surface area contributed by atoms with Crippen molar-refractivity contribution < 1.29 is 18.7 Å². The Morgan fingerprint density at radius 3 is 2.66 bits per heavy atom. The lowest BCUT2D eigenvalue weighted by molar-refractivity contribution is 0.0686. The van der Waals surface area contributed by atoms with Gasteiger partial charge in [0.2, 0.25) is 0 Å². The van der Waals surface area contributed by atoms with E-state index in [1.54, 1.807) is 29.2 Å². The van der Waals surface area contributed by atoms with Gasteiger partial charge in [-0.2, -0.15) is 0 Å². The van der Waals surface area contributed by atoms with Crippen molar-refractivity contribution >= 4 is 23.4 Å². The minimum absolute atomic E-state index is 0.0232. The molecule has 7 heteroatoms. The highest BCUT2D eigenvalue weighted by Gasteiger charge is 2.31. The van der Waals surface area contributed by atoms with Gasteiger partial charge in [-0.1, -0.05) is 11.6 Å². The number of likely N-dealkylation sites (tertiary alicyclic amines) is 1. The lowest BCUT2D eigenvalue weighted by Crippen LogP contribution is -2.39. The maximum atomic E-state index is 14.1. The highest BCUT2D eigenvalue weighted by atomic mass is 35.5. The number of amides is 2. The van der Waals surface area contributed by atoms with Gasteiger partial charge in [-0.15, -0.1) is 0 Å². The second-order valence-electron chi connectivity index (χ2n) is 7.38. The molecule has 0 aromatic heterocycles. The van der Waals surface area contributed by atoms with Crippen LogP contribution >= 0.6 is 11.6 Å². The lowest BCUT2D eigenvalue weighted by Gasteiger charge is -2.25. The maximum Gasteiger partial charge on any atom is 0.257 e. The van der Waals surface area contributed by atoms with Crippen molar-refractivity contribution in [2.45, 2.75) is 38.8 Å². The molecule has 1 fully saturated rings. The molecule has 1 N–H and O–H groups in total. The second kappa shape index (κ2) is 9.27. The molecule has 5 nitrogen and oxygen atoms in total. The van der Waals surface area contributed by atoms with Crippen LogP contribution in [0, 0.1) is 5.82 Å². The van der Waals surface area contributed by atoms with Crippen molar-refractivity contribution in [2.24, 2.45) is 0 Å². The van der Waals surface area contributed by atoms with E-state index >= 15 is 0 Å². The smallest absolute Gasteiger partial charge is 0.257 e. The number of rotatable bonds is 6. The van der Waals surface area contributed by atoms with Gasteiger partial charge >= 0.3 is 0 Å². The third-order valence-corrected chi connectivity index (χ3v) is 5.01. The Balaban J connectivity index is 1.62. The summed E-state index contributed by atoms with van der Waals surface area (Å²) in [6, 6.07) is 10.8. The van der Waals surface area contributed by atoms with Crippen LogP contribution in [0.15, 0.2) is 42.5 Å². The Morgan fingerprint density at radius 2 is 1.97 bits per heavy atom. The summed E-state index contributed by atoms with van der Waals surface area (Å²) in [4.78, 5) is 26.4. The first-order valence-corrected chi connectivity index (χ1v) is 10.0. The fourth-order valence-electron chi connectivity index (χ4n) is 3.33. The number of nitrogens with zero attached hydrogens (tertiary/aromatic N) is 1. The van der Waals surface area contributed by atoms with Gasteiger partial charge in [0.1, 0.15) is 18.2 Å². The zero-order valence-corrected chi connectivity index (χ0v) is 17.2. The van der Waals surface area contributed by atoms with Crippen LogP contribution in [0.5, 0.6) is 5.75 Å². The molecule has 0 spiro atoms. The van der Waals surface area contributed by atoms with Gasteiger partial charge < -0.3 is 15.0 Å². The van der Waals surface area contributed by atoms with Gasteiger partial charge in [0.25, 0.3) is 11.8 Å². The topological polar surface area (TPSA) is 58.6 Å². The molecule has 1 aliphatic heterocycles. The maximum absolute atomic E-state index is 14.1.